The second-order valence-electron chi connectivity index (χ2n) is 8.53. The number of thioether (sulfide) groups is 1. The number of imidazole rings is 1. The lowest BCUT2D eigenvalue weighted by Crippen LogP contribution is -2.23. The number of fused-ring (bicyclic) bond motifs is 1. The van der Waals surface area contributed by atoms with E-state index in [9.17, 15) is 9.18 Å². The van der Waals surface area contributed by atoms with E-state index >= 15 is 0 Å². The first-order chi connectivity index (χ1) is 17.6. The zero-order valence-corrected chi connectivity index (χ0v) is 20.6. The van der Waals surface area contributed by atoms with E-state index in [1.807, 2.05) is 72.2 Å². The van der Waals surface area contributed by atoms with Crippen molar-refractivity contribution in [1.29, 1.82) is 0 Å². The van der Waals surface area contributed by atoms with E-state index in [0.29, 0.717) is 30.0 Å². The van der Waals surface area contributed by atoms with E-state index in [2.05, 4.69) is 10.3 Å². The summed E-state index contributed by atoms with van der Waals surface area (Å²) in [4.78, 5) is 21.6. The molecule has 0 radical (unpaired) electrons. The molecule has 0 fully saturated rings. The van der Waals surface area contributed by atoms with Crippen molar-refractivity contribution in [1.82, 2.24) is 19.9 Å². The molecule has 0 atom stereocenters. The minimum Gasteiger partial charge on any atom is -0.348 e. The number of amides is 1. The smallest absolute Gasteiger partial charge is 0.251 e. The average Bonchev–Trinajstić information content (AvgIpc) is 3.25. The molecule has 5 rings (SSSR count). The van der Waals surface area contributed by atoms with Crippen LogP contribution >= 0.6 is 11.8 Å². The van der Waals surface area contributed by atoms with Gasteiger partial charge in [-0.25, -0.2) is 9.37 Å². The first kappa shape index (κ1) is 23.8. The highest BCUT2D eigenvalue weighted by molar-refractivity contribution is 7.98. The predicted octanol–water partition coefficient (Wildman–Crippen LogP) is 6.15. The van der Waals surface area contributed by atoms with Crippen molar-refractivity contribution in [3.05, 3.63) is 125 Å². The molecule has 7 heteroatoms. The molecule has 0 spiro atoms. The lowest BCUT2D eigenvalue weighted by Gasteiger charge is -2.10. The number of pyridine rings is 1. The largest absolute Gasteiger partial charge is 0.348 e. The van der Waals surface area contributed by atoms with E-state index in [-0.39, 0.29) is 11.7 Å². The number of carbonyl (C=O) groups excluding carboxylic acids is 1. The second-order valence-corrected chi connectivity index (χ2v) is 9.47. The summed E-state index contributed by atoms with van der Waals surface area (Å²) in [6.45, 7) is 2.91. The number of nitrogens with zero attached hydrogens (tertiary/aromatic N) is 3. The Morgan fingerprint density at radius 1 is 0.972 bits per heavy atom. The molecule has 2 heterocycles. The minimum atomic E-state index is -0.240. The Morgan fingerprint density at radius 3 is 2.50 bits per heavy atom. The molecule has 0 saturated carbocycles. The Morgan fingerprint density at radius 2 is 1.72 bits per heavy atom. The zero-order valence-electron chi connectivity index (χ0n) is 19.8. The molecule has 1 N–H and O–H groups in total. The van der Waals surface area contributed by atoms with Crippen molar-refractivity contribution < 1.29 is 9.18 Å². The van der Waals surface area contributed by atoms with Crippen LogP contribution in [0.5, 0.6) is 0 Å². The molecule has 1 amide bonds. The zero-order chi connectivity index (χ0) is 24.9. The normalized spacial score (nSPS) is 11.1. The third-order valence-corrected chi connectivity index (χ3v) is 7.13. The monoisotopic (exact) mass is 496 g/mol. The fraction of sp³-hybridized carbons (Fsp3) is 0.138. The first-order valence-corrected chi connectivity index (χ1v) is 12.6. The molecule has 0 aliphatic rings. The van der Waals surface area contributed by atoms with E-state index < -0.39 is 0 Å². The fourth-order valence-corrected chi connectivity index (χ4v) is 4.96. The molecular formula is C29H25FN4OS. The van der Waals surface area contributed by atoms with Crippen molar-refractivity contribution >= 4 is 28.7 Å². The lowest BCUT2D eigenvalue weighted by molar-refractivity contribution is 0.0951. The number of carbonyl (C=O) groups is 1. The SMILES string of the molecule is Cc1ccccc1CNC(=O)c1ccc(CSc2nc3ccncc3n2Cc2ccccc2F)cc1. The summed E-state index contributed by atoms with van der Waals surface area (Å²) >= 11 is 1.58. The van der Waals surface area contributed by atoms with Gasteiger partial charge in [-0.1, -0.05) is 66.4 Å². The lowest BCUT2D eigenvalue weighted by atomic mass is 10.1. The minimum absolute atomic E-state index is 0.100. The number of rotatable bonds is 8. The number of halogens is 1. The molecular weight excluding hydrogens is 471 g/mol. The van der Waals surface area contributed by atoms with Crippen molar-refractivity contribution in [3.63, 3.8) is 0 Å². The van der Waals surface area contributed by atoms with E-state index in [0.717, 1.165) is 32.9 Å². The van der Waals surface area contributed by atoms with Gasteiger partial charge in [-0.2, -0.15) is 0 Å². The van der Waals surface area contributed by atoms with Crippen molar-refractivity contribution in [2.45, 2.75) is 30.9 Å². The Kier molecular flexibility index (Phi) is 7.09. The molecule has 2 aromatic heterocycles. The second kappa shape index (κ2) is 10.7. The molecule has 5 nitrogen and oxygen atoms in total. The van der Waals surface area contributed by atoms with Crippen LogP contribution in [0.15, 0.2) is 96.4 Å². The third-order valence-electron chi connectivity index (χ3n) is 6.09. The van der Waals surface area contributed by atoms with Gasteiger partial charge in [-0.05, 0) is 47.9 Å². The molecule has 0 saturated heterocycles. The Bertz CT molecular complexity index is 1510. The molecule has 36 heavy (non-hydrogen) atoms. The maximum atomic E-state index is 14.3. The van der Waals surface area contributed by atoms with Crippen molar-refractivity contribution in [2.24, 2.45) is 0 Å². The Hall–Kier alpha value is -3.97. The number of aromatic nitrogens is 3. The number of nitrogens with one attached hydrogen (secondary N) is 1. The fourth-order valence-electron chi connectivity index (χ4n) is 3.99. The van der Waals surface area contributed by atoms with Gasteiger partial charge in [0.1, 0.15) is 5.82 Å². The summed E-state index contributed by atoms with van der Waals surface area (Å²) in [7, 11) is 0. The maximum Gasteiger partial charge on any atom is 0.251 e. The molecule has 0 aliphatic heterocycles. The van der Waals surface area contributed by atoms with Crippen LogP contribution in [-0.4, -0.2) is 20.4 Å². The maximum absolute atomic E-state index is 14.3. The summed E-state index contributed by atoms with van der Waals surface area (Å²) in [5.74, 6) is 0.325. The van der Waals surface area contributed by atoms with Gasteiger partial charge in [-0.3, -0.25) is 9.78 Å². The number of benzene rings is 3. The van der Waals surface area contributed by atoms with E-state index in [4.69, 9.17) is 4.98 Å². The van der Waals surface area contributed by atoms with E-state index in [1.165, 1.54) is 6.07 Å². The van der Waals surface area contributed by atoms with Crippen LogP contribution in [0.3, 0.4) is 0 Å². The van der Waals surface area contributed by atoms with Crippen LogP contribution in [0, 0.1) is 12.7 Å². The Labute approximate surface area is 213 Å². The van der Waals surface area contributed by atoms with Crippen molar-refractivity contribution in [2.75, 3.05) is 0 Å². The van der Waals surface area contributed by atoms with Crippen LogP contribution in [0.1, 0.15) is 32.6 Å². The van der Waals surface area contributed by atoms with Gasteiger partial charge >= 0.3 is 0 Å². The summed E-state index contributed by atoms with van der Waals surface area (Å²) in [6, 6.07) is 24.3. The average molecular weight is 497 g/mol. The van der Waals surface area contributed by atoms with E-state index in [1.54, 1.807) is 36.3 Å². The summed E-state index contributed by atoms with van der Waals surface area (Å²) < 4.78 is 16.3. The van der Waals surface area contributed by atoms with Crippen LogP contribution < -0.4 is 5.32 Å². The van der Waals surface area contributed by atoms with Crippen LogP contribution in [0.4, 0.5) is 4.39 Å². The molecule has 180 valence electrons. The van der Waals surface area contributed by atoms with Gasteiger partial charge in [0, 0.05) is 29.6 Å². The van der Waals surface area contributed by atoms with Gasteiger partial charge in [0.05, 0.1) is 23.8 Å². The molecule has 0 unspecified atom stereocenters. The van der Waals surface area contributed by atoms with Gasteiger partial charge in [0.2, 0.25) is 0 Å². The number of hydrogen-bond acceptors (Lipinski definition) is 4. The summed E-state index contributed by atoms with van der Waals surface area (Å²) in [5.41, 5.74) is 6.24. The highest BCUT2D eigenvalue weighted by Crippen LogP contribution is 2.28. The van der Waals surface area contributed by atoms with Gasteiger partial charge in [-0.15, -0.1) is 0 Å². The van der Waals surface area contributed by atoms with Gasteiger partial charge in [0.25, 0.3) is 5.91 Å². The molecule has 3 aromatic carbocycles. The molecule has 0 bridgehead atoms. The van der Waals surface area contributed by atoms with Gasteiger partial charge < -0.3 is 9.88 Å². The molecule has 5 aromatic rings. The highest BCUT2D eigenvalue weighted by atomic mass is 32.2. The van der Waals surface area contributed by atoms with Crippen LogP contribution in [0.25, 0.3) is 11.0 Å². The Balaban J connectivity index is 1.27. The quantitative estimate of drug-likeness (QED) is 0.262. The standard InChI is InChI=1S/C29H25FN4OS/c1-20-6-2-3-7-23(20)16-32-28(35)22-12-10-21(11-13-22)19-36-29-33-26-14-15-31-17-27(26)34(29)18-24-8-4-5-9-25(24)30/h2-15,17H,16,18-19H2,1H3,(H,32,35). The van der Waals surface area contributed by atoms with Gasteiger partial charge in [0.15, 0.2) is 5.16 Å². The van der Waals surface area contributed by atoms with Crippen molar-refractivity contribution in [3.8, 4) is 0 Å². The van der Waals surface area contributed by atoms with Crippen LogP contribution in [0.2, 0.25) is 0 Å². The summed E-state index contributed by atoms with van der Waals surface area (Å²) in [5, 5.41) is 3.78. The highest BCUT2D eigenvalue weighted by Gasteiger charge is 2.14. The topological polar surface area (TPSA) is 59.8 Å². The third kappa shape index (κ3) is 5.31. The first-order valence-electron chi connectivity index (χ1n) is 11.7. The predicted molar refractivity (Wildman–Crippen MR) is 141 cm³/mol. The number of hydrogen-bond donors (Lipinski definition) is 1. The summed E-state index contributed by atoms with van der Waals surface area (Å²) in [6.07, 6.45) is 3.47. The number of aryl methyl sites for hydroxylation is 1. The molecule has 0 aliphatic carbocycles. The van der Waals surface area contributed by atoms with Crippen LogP contribution in [-0.2, 0) is 18.8 Å².